The monoisotopic (exact) mass is 444 g/mol. The standard InChI is InChI=1S/C23H26F2N4O3/c1-14-9-16-10-19(31-3)20(32-4)11-18(16)21(27-29(14)22(30)26-2)15-5-7-17(8-6-15)28-12-23(24,25)13-28/h5-8,10-11,14H,9,12-13H2,1-4H3,(H,26,30). The summed E-state index contributed by atoms with van der Waals surface area (Å²) in [6.45, 7) is 1.36. The van der Waals surface area contributed by atoms with Gasteiger partial charge >= 0.3 is 6.03 Å². The molecule has 7 nitrogen and oxygen atoms in total. The van der Waals surface area contributed by atoms with Crippen molar-refractivity contribution in [1.29, 1.82) is 0 Å². The Morgan fingerprint density at radius 3 is 2.31 bits per heavy atom. The van der Waals surface area contributed by atoms with Gasteiger partial charge in [-0.15, -0.1) is 0 Å². The van der Waals surface area contributed by atoms with Crippen LogP contribution in [0.15, 0.2) is 41.5 Å². The molecule has 170 valence electrons. The van der Waals surface area contributed by atoms with E-state index in [1.54, 1.807) is 38.3 Å². The van der Waals surface area contributed by atoms with Gasteiger partial charge in [0.15, 0.2) is 11.5 Å². The van der Waals surface area contributed by atoms with Gasteiger partial charge in [-0.3, -0.25) is 0 Å². The Hall–Kier alpha value is -3.36. The van der Waals surface area contributed by atoms with E-state index in [-0.39, 0.29) is 25.2 Å². The molecular weight excluding hydrogens is 418 g/mol. The van der Waals surface area contributed by atoms with Gasteiger partial charge < -0.3 is 19.7 Å². The second kappa shape index (κ2) is 8.29. The lowest BCUT2D eigenvalue weighted by Crippen LogP contribution is -2.56. The number of hydrazone groups is 1. The number of anilines is 1. The number of carbonyl (C=O) groups excluding carboxylic acids is 1. The summed E-state index contributed by atoms with van der Waals surface area (Å²) in [6, 6.07) is 10.5. The van der Waals surface area contributed by atoms with Crippen LogP contribution in [0, 0.1) is 0 Å². The van der Waals surface area contributed by atoms with Gasteiger partial charge in [-0.25, -0.2) is 18.6 Å². The Balaban J connectivity index is 1.79. The minimum absolute atomic E-state index is 0.202. The van der Waals surface area contributed by atoms with Gasteiger partial charge in [0.2, 0.25) is 0 Å². The fourth-order valence-corrected chi connectivity index (χ4v) is 4.07. The molecule has 32 heavy (non-hydrogen) atoms. The number of nitrogens with zero attached hydrogens (tertiary/aromatic N) is 3. The first-order valence-corrected chi connectivity index (χ1v) is 10.3. The van der Waals surface area contributed by atoms with Crippen molar-refractivity contribution in [3.05, 3.63) is 53.1 Å². The topological polar surface area (TPSA) is 66.4 Å². The van der Waals surface area contributed by atoms with Crippen LogP contribution < -0.4 is 19.7 Å². The molecular formula is C23H26F2N4O3. The van der Waals surface area contributed by atoms with Crippen LogP contribution in [0.2, 0.25) is 0 Å². The predicted molar refractivity (Wildman–Crippen MR) is 118 cm³/mol. The Labute approximate surface area is 185 Å². The molecule has 0 radical (unpaired) electrons. The molecule has 2 amide bonds. The summed E-state index contributed by atoms with van der Waals surface area (Å²) >= 11 is 0. The molecule has 4 rings (SSSR count). The number of alkyl halides is 2. The number of ether oxygens (including phenoxy) is 2. The minimum Gasteiger partial charge on any atom is -0.493 e. The quantitative estimate of drug-likeness (QED) is 0.784. The summed E-state index contributed by atoms with van der Waals surface area (Å²) in [5, 5.41) is 8.77. The highest BCUT2D eigenvalue weighted by Crippen LogP contribution is 2.36. The molecule has 1 N–H and O–H groups in total. The van der Waals surface area contributed by atoms with Gasteiger partial charge in [0.25, 0.3) is 5.92 Å². The lowest BCUT2D eigenvalue weighted by atomic mass is 9.93. The molecule has 1 saturated heterocycles. The van der Waals surface area contributed by atoms with Gasteiger partial charge in [0.05, 0.1) is 39.1 Å². The fraction of sp³-hybridized carbons (Fsp3) is 0.391. The van der Waals surface area contributed by atoms with Crippen LogP contribution in [0.5, 0.6) is 11.5 Å². The average molecular weight is 444 g/mol. The number of hydrogen-bond donors (Lipinski definition) is 1. The zero-order valence-corrected chi connectivity index (χ0v) is 18.5. The van der Waals surface area contributed by atoms with Crippen LogP contribution in [-0.4, -0.2) is 63.1 Å². The number of rotatable bonds is 4. The fourth-order valence-electron chi connectivity index (χ4n) is 4.07. The molecule has 0 bridgehead atoms. The maximum Gasteiger partial charge on any atom is 0.337 e. The van der Waals surface area contributed by atoms with Crippen molar-refractivity contribution in [2.45, 2.75) is 25.3 Å². The lowest BCUT2D eigenvalue weighted by Gasteiger charge is -2.40. The van der Waals surface area contributed by atoms with Crippen LogP contribution in [0.1, 0.15) is 23.6 Å². The molecule has 1 fully saturated rings. The summed E-state index contributed by atoms with van der Waals surface area (Å²) in [5.41, 5.74) is 3.86. The van der Waals surface area contributed by atoms with Gasteiger partial charge in [-0.2, -0.15) is 5.10 Å². The molecule has 1 unspecified atom stereocenters. The van der Waals surface area contributed by atoms with E-state index in [0.717, 1.165) is 22.4 Å². The molecule has 0 saturated carbocycles. The minimum atomic E-state index is -2.64. The summed E-state index contributed by atoms with van der Waals surface area (Å²) in [6.07, 6.45) is 0.567. The highest BCUT2D eigenvalue weighted by molar-refractivity contribution is 6.14. The van der Waals surface area contributed by atoms with Gasteiger partial charge in [-0.1, -0.05) is 12.1 Å². The Morgan fingerprint density at radius 2 is 1.75 bits per heavy atom. The predicted octanol–water partition coefficient (Wildman–Crippen LogP) is 3.50. The van der Waals surface area contributed by atoms with Gasteiger partial charge in [0.1, 0.15) is 0 Å². The number of urea groups is 1. The van der Waals surface area contributed by atoms with Crippen molar-refractivity contribution in [3.63, 3.8) is 0 Å². The smallest absolute Gasteiger partial charge is 0.337 e. The van der Waals surface area contributed by atoms with Crippen LogP contribution >= 0.6 is 0 Å². The number of halogens is 2. The van der Waals surface area contributed by atoms with Crippen molar-refractivity contribution in [3.8, 4) is 11.5 Å². The lowest BCUT2D eigenvalue weighted by molar-refractivity contribution is -0.0262. The average Bonchev–Trinajstić information content (AvgIpc) is 2.91. The van der Waals surface area contributed by atoms with Crippen molar-refractivity contribution in [2.24, 2.45) is 5.10 Å². The van der Waals surface area contributed by atoms with Crippen molar-refractivity contribution >= 4 is 17.4 Å². The van der Waals surface area contributed by atoms with E-state index in [4.69, 9.17) is 14.6 Å². The summed E-state index contributed by atoms with van der Waals surface area (Å²) in [5.74, 6) is -1.48. The molecule has 2 aliphatic heterocycles. The zero-order chi connectivity index (χ0) is 23.0. The second-order valence-electron chi connectivity index (χ2n) is 8.02. The highest BCUT2D eigenvalue weighted by atomic mass is 19.3. The highest BCUT2D eigenvalue weighted by Gasteiger charge is 2.43. The number of carbonyl (C=O) groups is 1. The molecule has 0 aromatic heterocycles. The summed E-state index contributed by atoms with van der Waals surface area (Å²) in [4.78, 5) is 14.2. The zero-order valence-electron chi connectivity index (χ0n) is 18.5. The molecule has 0 spiro atoms. The van der Waals surface area contributed by atoms with Crippen molar-refractivity contribution < 1.29 is 23.0 Å². The number of nitrogens with one attached hydrogen (secondary N) is 1. The van der Waals surface area contributed by atoms with E-state index in [2.05, 4.69) is 5.32 Å². The number of benzene rings is 2. The molecule has 1 atom stereocenters. The van der Waals surface area contributed by atoms with E-state index < -0.39 is 5.92 Å². The number of methoxy groups -OCH3 is 2. The maximum atomic E-state index is 13.3. The van der Waals surface area contributed by atoms with E-state index in [1.807, 2.05) is 31.2 Å². The van der Waals surface area contributed by atoms with Crippen LogP contribution in [0.3, 0.4) is 0 Å². The third-order valence-electron chi connectivity index (χ3n) is 5.78. The van der Waals surface area contributed by atoms with E-state index in [0.29, 0.717) is 23.6 Å². The third-order valence-corrected chi connectivity index (χ3v) is 5.78. The maximum absolute atomic E-state index is 13.3. The second-order valence-corrected chi connectivity index (χ2v) is 8.02. The molecule has 2 aromatic rings. The first-order valence-electron chi connectivity index (χ1n) is 10.3. The van der Waals surface area contributed by atoms with E-state index in [1.165, 1.54) is 5.01 Å². The molecule has 2 aliphatic rings. The Morgan fingerprint density at radius 1 is 1.12 bits per heavy atom. The van der Waals surface area contributed by atoms with E-state index in [9.17, 15) is 13.6 Å². The third kappa shape index (κ3) is 3.94. The van der Waals surface area contributed by atoms with Crippen LogP contribution in [0.4, 0.5) is 19.3 Å². The number of hydrogen-bond acceptors (Lipinski definition) is 5. The first kappa shape index (κ1) is 21.9. The van der Waals surface area contributed by atoms with Crippen molar-refractivity contribution in [1.82, 2.24) is 10.3 Å². The summed E-state index contributed by atoms with van der Waals surface area (Å²) < 4.78 is 37.5. The molecule has 2 aromatic carbocycles. The molecule has 0 aliphatic carbocycles. The molecule has 2 heterocycles. The van der Waals surface area contributed by atoms with Gasteiger partial charge in [0, 0.05) is 23.9 Å². The largest absolute Gasteiger partial charge is 0.493 e. The SMILES string of the molecule is CNC(=O)N1N=C(c2ccc(N3CC(F)(F)C3)cc2)c2cc(OC)c(OC)cc2CC1C. The van der Waals surface area contributed by atoms with E-state index >= 15 is 0 Å². The summed E-state index contributed by atoms with van der Waals surface area (Å²) in [7, 11) is 4.70. The Kier molecular flexibility index (Phi) is 5.66. The first-order chi connectivity index (χ1) is 15.3. The molecule has 9 heteroatoms. The number of amides is 2. The van der Waals surface area contributed by atoms with Crippen LogP contribution in [0.25, 0.3) is 0 Å². The normalized spacial score (nSPS) is 19.3. The van der Waals surface area contributed by atoms with Gasteiger partial charge in [-0.05, 0) is 43.2 Å². The Bertz CT molecular complexity index is 1050. The van der Waals surface area contributed by atoms with Crippen molar-refractivity contribution in [2.75, 3.05) is 39.3 Å². The van der Waals surface area contributed by atoms with Crippen LogP contribution in [-0.2, 0) is 6.42 Å². The number of fused-ring (bicyclic) bond motifs is 1.